The first-order valence-corrected chi connectivity index (χ1v) is 5.58. The molecule has 0 saturated heterocycles. The van der Waals surface area contributed by atoms with Gasteiger partial charge in [-0.3, -0.25) is 4.79 Å². The van der Waals surface area contributed by atoms with Crippen LogP contribution >= 0.6 is 0 Å². The Kier molecular flexibility index (Phi) is 5.13. The van der Waals surface area contributed by atoms with Gasteiger partial charge in [-0.1, -0.05) is 0 Å². The molecule has 1 aromatic carbocycles. The van der Waals surface area contributed by atoms with Crippen LogP contribution in [0.3, 0.4) is 0 Å². The van der Waals surface area contributed by atoms with E-state index in [2.05, 4.69) is 5.32 Å². The van der Waals surface area contributed by atoms with Gasteiger partial charge in [-0.2, -0.15) is 0 Å². The Bertz CT molecular complexity index is 446. The summed E-state index contributed by atoms with van der Waals surface area (Å²) in [5.74, 6) is -1.00. The van der Waals surface area contributed by atoms with Crippen molar-refractivity contribution in [3.05, 3.63) is 23.8 Å². The van der Waals surface area contributed by atoms with E-state index in [1.165, 1.54) is 18.2 Å². The zero-order valence-corrected chi connectivity index (χ0v) is 10.1. The number of nitrogens with two attached hydrogens (primary N) is 1. The van der Waals surface area contributed by atoms with Gasteiger partial charge in [0.2, 0.25) is 5.91 Å². The van der Waals surface area contributed by atoms with Gasteiger partial charge >= 0.3 is 5.97 Å². The van der Waals surface area contributed by atoms with E-state index >= 15 is 0 Å². The third-order valence-corrected chi connectivity index (χ3v) is 2.15. The summed E-state index contributed by atoms with van der Waals surface area (Å²) in [7, 11) is 0. The van der Waals surface area contributed by atoms with Crippen molar-refractivity contribution in [3.8, 4) is 5.75 Å². The summed E-state index contributed by atoms with van der Waals surface area (Å²) in [6.07, 6.45) is 0.166. The number of esters is 1. The van der Waals surface area contributed by atoms with E-state index in [4.69, 9.17) is 10.5 Å². The number of rotatable bonds is 5. The Morgan fingerprint density at radius 1 is 1.44 bits per heavy atom. The molecule has 0 fully saturated rings. The average Bonchev–Trinajstić information content (AvgIpc) is 2.32. The van der Waals surface area contributed by atoms with Gasteiger partial charge in [0.15, 0.2) is 0 Å². The summed E-state index contributed by atoms with van der Waals surface area (Å²) in [4.78, 5) is 22.7. The summed E-state index contributed by atoms with van der Waals surface area (Å²) < 4.78 is 4.79. The first-order valence-electron chi connectivity index (χ1n) is 5.58. The van der Waals surface area contributed by atoms with Gasteiger partial charge in [0.05, 0.1) is 17.9 Å². The highest BCUT2D eigenvalue weighted by Crippen LogP contribution is 2.24. The highest BCUT2D eigenvalue weighted by molar-refractivity contribution is 5.95. The number of carbonyl (C=O) groups excluding carboxylic acids is 2. The molecule has 0 bridgehead atoms. The van der Waals surface area contributed by atoms with Crippen LogP contribution in [0.25, 0.3) is 0 Å². The number of aromatic hydroxyl groups is 1. The fourth-order valence-corrected chi connectivity index (χ4v) is 1.32. The molecule has 0 aliphatic rings. The van der Waals surface area contributed by atoms with E-state index in [1.54, 1.807) is 6.92 Å². The molecule has 98 valence electrons. The van der Waals surface area contributed by atoms with Crippen LogP contribution in [-0.4, -0.2) is 30.1 Å². The van der Waals surface area contributed by atoms with E-state index in [0.717, 1.165) is 0 Å². The lowest BCUT2D eigenvalue weighted by molar-refractivity contribution is -0.116. The minimum absolute atomic E-state index is 0.166. The number of phenols is 1. The van der Waals surface area contributed by atoms with Crippen LogP contribution in [0.5, 0.6) is 5.75 Å². The van der Waals surface area contributed by atoms with Crippen molar-refractivity contribution in [3.63, 3.8) is 0 Å². The van der Waals surface area contributed by atoms with Crippen molar-refractivity contribution in [2.75, 3.05) is 18.5 Å². The fraction of sp³-hybridized carbons (Fsp3) is 0.333. The van der Waals surface area contributed by atoms with E-state index in [9.17, 15) is 14.7 Å². The Hall–Kier alpha value is -2.08. The van der Waals surface area contributed by atoms with Gasteiger partial charge in [-0.15, -0.1) is 0 Å². The van der Waals surface area contributed by atoms with Crippen LogP contribution in [0.4, 0.5) is 5.69 Å². The maximum absolute atomic E-state index is 11.4. The number of nitrogens with one attached hydrogen (secondary N) is 1. The summed E-state index contributed by atoms with van der Waals surface area (Å²) in [5, 5.41) is 12.2. The monoisotopic (exact) mass is 252 g/mol. The molecule has 1 amide bonds. The Labute approximate surface area is 105 Å². The van der Waals surface area contributed by atoms with Crippen LogP contribution in [0.2, 0.25) is 0 Å². The quantitative estimate of drug-likeness (QED) is 0.532. The molecule has 0 saturated carbocycles. The van der Waals surface area contributed by atoms with Crippen molar-refractivity contribution >= 4 is 17.6 Å². The first kappa shape index (κ1) is 14.0. The smallest absolute Gasteiger partial charge is 0.338 e. The average molecular weight is 252 g/mol. The second-order valence-corrected chi connectivity index (χ2v) is 3.54. The molecule has 4 N–H and O–H groups in total. The van der Waals surface area contributed by atoms with Gasteiger partial charge in [-0.25, -0.2) is 4.79 Å². The Morgan fingerprint density at radius 2 is 2.17 bits per heavy atom. The maximum Gasteiger partial charge on any atom is 0.338 e. The molecule has 1 rings (SSSR count). The summed E-state index contributed by atoms with van der Waals surface area (Å²) >= 11 is 0. The van der Waals surface area contributed by atoms with E-state index < -0.39 is 5.97 Å². The van der Waals surface area contributed by atoms with E-state index in [-0.39, 0.29) is 42.5 Å². The van der Waals surface area contributed by atoms with Gasteiger partial charge in [-0.05, 0) is 25.1 Å². The Balaban J connectivity index is 2.79. The van der Waals surface area contributed by atoms with Crippen molar-refractivity contribution in [2.24, 2.45) is 5.73 Å². The lowest BCUT2D eigenvalue weighted by Gasteiger charge is -2.08. The first-order chi connectivity index (χ1) is 8.58. The SMILES string of the molecule is CCOC(=O)c1ccc(NC(=O)CCN)c(O)c1. The maximum atomic E-state index is 11.4. The topological polar surface area (TPSA) is 102 Å². The lowest BCUT2D eigenvalue weighted by Crippen LogP contribution is -2.16. The molecule has 0 spiro atoms. The number of benzene rings is 1. The number of ether oxygens (including phenoxy) is 1. The summed E-state index contributed by atoms with van der Waals surface area (Å²) in [6.45, 7) is 2.18. The molecule has 0 radical (unpaired) electrons. The van der Waals surface area contributed by atoms with Crippen LogP contribution in [-0.2, 0) is 9.53 Å². The molecule has 0 aliphatic carbocycles. The van der Waals surface area contributed by atoms with Crippen LogP contribution in [0.1, 0.15) is 23.7 Å². The molecule has 18 heavy (non-hydrogen) atoms. The van der Waals surface area contributed by atoms with Gasteiger partial charge < -0.3 is 20.9 Å². The second kappa shape index (κ2) is 6.61. The minimum atomic E-state index is -0.521. The molecule has 0 aliphatic heterocycles. The molecule has 0 aromatic heterocycles. The highest BCUT2D eigenvalue weighted by atomic mass is 16.5. The second-order valence-electron chi connectivity index (χ2n) is 3.54. The molecular formula is C12H16N2O4. The van der Waals surface area contributed by atoms with Crippen molar-refractivity contribution < 1.29 is 19.4 Å². The largest absolute Gasteiger partial charge is 0.506 e. The van der Waals surface area contributed by atoms with Gasteiger partial charge in [0.1, 0.15) is 5.75 Å². The zero-order chi connectivity index (χ0) is 13.5. The van der Waals surface area contributed by atoms with Gasteiger partial charge in [0, 0.05) is 13.0 Å². The molecule has 0 heterocycles. The Morgan fingerprint density at radius 3 is 2.72 bits per heavy atom. The molecule has 0 atom stereocenters. The fourth-order valence-electron chi connectivity index (χ4n) is 1.32. The third-order valence-electron chi connectivity index (χ3n) is 2.15. The molecule has 6 heteroatoms. The van der Waals surface area contributed by atoms with E-state index in [1.807, 2.05) is 0 Å². The number of hydrogen-bond donors (Lipinski definition) is 3. The zero-order valence-electron chi connectivity index (χ0n) is 10.1. The molecule has 6 nitrogen and oxygen atoms in total. The number of carbonyl (C=O) groups is 2. The van der Waals surface area contributed by atoms with Gasteiger partial charge in [0.25, 0.3) is 0 Å². The summed E-state index contributed by atoms with van der Waals surface area (Å²) in [6, 6.07) is 4.15. The third kappa shape index (κ3) is 3.74. The van der Waals surface area contributed by atoms with Crippen molar-refractivity contribution in [1.29, 1.82) is 0 Å². The van der Waals surface area contributed by atoms with Crippen LogP contribution in [0, 0.1) is 0 Å². The standard InChI is InChI=1S/C12H16N2O4/c1-2-18-12(17)8-3-4-9(10(15)7-8)14-11(16)5-6-13/h3-4,7,15H,2,5-6,13H2,1H3,(H,14,16). The predicted octanol–water partition coefficient (Wildman–Crippen LogP) is 0.856. The number of amides is 1. The highest BCUT2D eigenvalue weighted by Gasteiger charge is 2.11. The lowest BCUT2D eigenvalue weighted by atomic mass is 10.2. The minimum Gasteiger partial charge on any atom is -0.506 e. The normalized spacial score (nSPS) is 9.89. The predicted molar refractivity (Wildman–Crippen MR) is 66.4 cm³/mol. The molecule has 0 unspecified atom stereocenters. The van der Waals surface area contributed by atoms with E-state index in [0.29, 0.717) is 0 Å². The molecule has 1 aromatic rings. The summed E-state index contributed by atoms with van der Waals surface area (Å²) in [5.41, 5.74) is 5.70. The molecular weight excluding hydrogens is 236 g/mol. The number of phenolic OH excluding ortho intramolecular Hbond substituents is 1. The van der Waals surface area contributed by atoms with Crippen LogP contribution < -0.4 is 11.1 Å². The number of hydrogen-bond acceptors (Lipinski definition) is 5. The van der Waals surface area contributed by atoms with Crippen LogP contribution in [0.15, 0.2) is 18.2 Å². The van der Waals surface area contributed by atoms with Crippen molar-refractivity contribution in [1.82, 2.24) is 0 Å². The number of anilines is 1. The van der Waals surface area contributed by atoms with Crippen molar-refractivity contribution in [2.45, 2.75) is 13.3 Å².